The smallest absolute Gasteiger partial charge is 0.343 e. The lowest BCUT2D eigenvalue weighted by Gasteiger charge is -2.19. The van der Waals surface area contributed by atoms with Crippen molar-refractivity contribution in [3.05, 3.63) is 251 Å². The van der Waals surface area contributed by atoms with E-state index in [0.717, 1.165) is 11.1 Å². The van der Waals surface area contributed by atoms with Gasteiger partial charge in [0.05, 0.1) is 31.0 Å². The summed E-state index contributed by atoms with van der Waals surface area (Å²) in [7, 11) is 2.66. The lowest BCUT2D eigenvalue weighted by atomic mass is 10.0. The highest BCUT2D eigenvalue weighted by Crippen LogP contribution is 2.25. The predicted octanol–water partition coefficient (Wildman–Crippen LogP) is 9.79. The molecule has 0 unspecified atom stereocenters. The van der Waals surface area contributed by atoms with E-state index in [1.807, 2.05) is 36.4 Å². The molecule has 2 atom stereocenters. The molecule has 0 spiro atoms. The number of nitrogens with zero attached hydrogens (tertiary/aromatic N) is 2. The molecule has 0 N–H and O–H groups in total. The van der Waals surface area contributed by atoms with Crippen molar-refractivity contribution in [3.8, 4) is 11.5 Å². The number of aromatic nitrogens is 2. The molecule has 0 radical (unpaired) electrons. The Bertz CT molecular complexity index is 2960. The zero-order chi connectivity index (χ0) is 47.8. The van der Waals surface area contributed by atoms with E-state index in [4.69, 9.17) is 18.9 Å². The van der Waals surface area contributed by atoms with E-state index in [-0.39, 0.29) is 11.6 Å². The van der Waals surface area contributed by atoms with Crippen LogP contribution in [0.1, 0.15) is 75.9 Å². The molecule has 12 nitrogen and oxygen atoms in total. The Morgan fingerprint density at radius 3 is 1.28 bits per heavy atom. The second-order valence-electron chi connectivity index (χ2n) is 15.3. The first-order valence-electron chi connectivity index (χ1n) is 21.5. The van der Waals surface area contributed by atoms with E-state index >= 15 is 0 Å². The van der Waals surface area contributed by atoms with Crippen LogP contribution in [0.15, 0.2) is 207 Å². The highest BCUT2D eigenvalue weighted by Gasteiger charge is 2.27. The summed E-state index contributed by atoms with van der Waals surface area (Å²) in [4.78, 5) is 75.5. The molecule has 0 amide bonds. The number of esters is 4. The van der Waals surface area contributed by atoms with Gasteiger partial charge in [0, 0.05) is 48.1 Å². The summed E-state index contributed by atoms with van der Waals surface area (Å²) in [5.74, 6) is -1.26. The number of ketones is 2. The number of benzene rings is 6. The van der Waals surface area contributed by atoms with Crippen LogP contribution in [0.4, 0.5) is 0 Å². The van der Waals surface area contributed by atoms with Gasteiger partial charge in [0.15, 0.2) is 5.78 Å². The maximum Gasteiger partial charge on any atom is 0.343 e. The molecular formula is C56H46N2O10. The van der Waals surface area contributed by atoms with Crippen LogP contribution in [0.3, 0.4) is 0 Å². The summed E-state index contributed by atoms with van der Waals surface area (Å²) in [6.45, 7) is 0. The van der Waals surface area contributed by atoms with Crippen LogP contribution < -0.4 is 9.47 Å². The molecule has 0 aliphatic rings. The number of carbonyl (C=O) groups is 6. The fourth-order valence-electron chi connectivity index (χ4n) is 7.28. The number of rotatable bonds is 16. The van der Waals surface area contributed by atoms with E-state index in [0.29, 0.717) is 57.9 Å². The van der Waals surface area contributed by atoms with Gasteiger partial charge in [-0.25, -0.2) is 19.2 Å². The highest BCUT2D eigenvalue weighted by atomic mass is 16.5. The van der Waals surface area contributed by atoms with Crippen molar-refractivity contribution in [1.29, 1.82) is 0 Å². The molecule has 340 valence electrons. The fraction of sp³-hybridized carbons (Fsp3) is 0.107. The third-order valence-corrected chi connectivity index (χ3v) is 10.8. The summed E-state index contributed by atoms with van der Waals surface area (Å²) >= 11 is 0. The molecule has 0 aliphatic heterocycles. The Morgan fingerprint density at radius 2 is 0.824 bits per heavy atom. The molecular weight excluding hydrogens is 861 g/mol. The quantitative estimate of drug-likeness (QED) is 0.0521. The highest BCUT2D eigenvalue weighted by molar-refractivity contribution is 6.09. The third-order valence-electron chi connectivity index (χ3n) is 10.8. The van der Waals surface area contributed by atoms with Gasteiger partial charge in [0.2, 0.25) is 5.78 Å². The largest absolute Gasteiger partial charge is 0.467 e. The lowest BCUT2D eigenvalue weighted by molar-refractivity contribution is -0.145. The Hall–Kier alpha value is -8.90. The average molecular weight is 907 g/mol. The van der Waals surface area contributed by atoms with Gasteiger partial charge in [0.1, 0.15) is 23.6 Å². The molecule has 12 heteroatoms. The van der Waals surface area contributed by atoms with Crippen molar-refractivity contribution in [2.75, 3.05) is 14.2 Å². The van der Waals surface area contributed by atoms with Gasteiger partial charge >= 0.3 is 23.9 Å². The Morgan fingerprint density at radius 1 is 0.412 bits per heavy atom. The van der Waals surface area contributed by atoms with Crippen LogP contribution in [0, 0.1) is 0 Å². The first-order chi connectivity index (χ1) is 33.1. The van der Waals surface area contributed by atoms with Crippen LogP contribution in [0.25, 0.3) is 0 Å². The molecule has 8 aromatic rings. The van der Waals surface area contributed by atoms with E-state index in [2.05, 4.69) is 0 Å². The zero-order valence-electron chi connectivity index (χ0n) is 37.2. The fourth-order valence-corrected chi connectivity index (χ4v) is 7.28. The predicted molar refractivity (Wildman–Crippen MR) is 254 cm³/mol. The minimum absolute atomic E-state index is 0.118. The summed E-state index contributed by atoms with van der Waals surface area (Å²) in [6.07, 6.45) is 5.70. The lowest BCUT2D eigenvalue weighted by Crippen LogP contribution is -2.25. The Balaban J connectivity index is 0.000000201. The summed E-state index contributed by atoms with van der Waals surface area (Å²) in [6, 6.07) is 53.0. The first kappa shape index (κ1) is 47.1. The zero-order valence-corrected chi connectivity index (χ0v) is 37.2. The molecule has 0 saturated carbocycles. The van der Waals surface area contributed by atoms with Crippen LogP contribution in [0.2, 0.25) is 0 Å². The number of methoxy groups -OCH3 is 2. The number of hydrogen-bond acceptors (Lipinski definition) is 10. The van der Waals surface area contributed by atoms with Gasteiger partial charge in [-0.05, 0) is 77.9 Å². The summed E-state index contributed by atoms with van der Waals surface area (Å²) in [5, 5.41) is 0. The monoisotopic (exact) mass is 906 g/mol. The summed E-state index contributed by atoms with van der Waals surface area (Å²) in [5.41, 5.74) is 4.59. The van der Waals surface area contributed by atoms with E-state index in [9.17, 15) is 28.8 Å². The maximum atomic E-state index is 13.0. The van der Waals surface area contributed by atoms with Crippen LogP contribution in [-0.2, 0) is 31.9 Å². The molecule has 0 bridgehead atoms. The molecule has 0 fully saturated rings. The van der Waals surface area contributed by atoms with Crippen molar-refractivity contribution >= 4 is 35.4 Å². The van der Waals surface area contributed by atoms with Crippen molar-refractivity contribution in [1.82, 2.24) is 9.13 Å². The minimum Gasteiger partial charge on any atom is -0.467 e. The molecule has 6 aromatic carbocycles. The molecule has 2 heterocycles. The molecule has 8 rings (SSSR count). The normalized spacial score (nSPS) is 11.4. The van der Waals surface area contributed by atoms with Crippen molar-refractivity contribution in [2.24, 2.45) is 0 Å². The van der Waals surface area contributed by atoms with Gasteiger partial charge in [-0.2, -0.15) is 0 Å². The van der Waals surface area contributed by atoms with Gasteiger partial charge in [0.25, 0.3) is 0 Å². The molecule has 0 aliphatic carbocycles. The van der Waals surface area contributed by atoms with Crippen LogP contribution >= 0.6 is 0 Å². The van der Waals surface area contributed by atoms with E-state index < -0.39 is 36.0 Å². The topological polar surface area (TPSA) is 149 Å². The van der Waals surface area contributed by atoms with Gasteiger partial charge in [-0.3, -0.25) is 9.59 Å². The van der Waals surface area contributed by atoms with Crippen molar-refractivity contribution in [3.63, 3.8) is 0 Å². The van der Waals surface area contributed by atoms with E-state index in [1.165, 1.54) is 14.2 Å². The summed E-state index contributed by atoms with van der Waals surface area (Å²) < 4.78 is 24.2. The second-order valence-corrected chi connectivity index (χ2v) is 15.3. The van der Waals surface area contributed by atoms with Crippen molar-refractivity contribution < 1.29 is 47.7 Å². The standard InChI is InChI=1S/2C28H23NO5/c1-33-28(32)25(29-18-8-13-24(29)26(30)21-9-4-2-5-10-21)19-20-14-16-23(17-15-20)34-27(31)22-11-6-3-7-12-22;1-33-28(32)25(29-17-16-23(19-29)26(30)21-8-4-2-5-9-21)18-20-12-14-24(15-13-20)34-27(31)22-10-6-3-7-11-22/h2-18,25H,19H2,1H3;2-17,19,25H,18H2,1H3/t2*25-/m00/s1. The Kier molecular flexibility index (Phi) is 15.8. The second kappa shape index (κ2) is 22.8. The third kappa shape index (κ3) is 12.1. The van der Waals surface area contributed by atoms with Gasteiger partial charge < -0.3 is 28.1 Å². The number of ether oxygens (including phenoxy) is 4. The molecule has 0 saturated heterocycles. The van der Waals surface area contributed by atoms with E-state index in [1.54, 1.807) is 179 Å². The first-order valence-corrected chi connectivity index (χ1v) is 21.5. The SMILES string of the molecule is COC(=O)[C@H](Cc1ccc(OC(=O)c2ccccc2)cc1)n1ccc(C(=O)c2ccccc2)c1.COC(=O)[C@H](Cc1ccc(OC(=O)c2ccccc2)cc1)n1cccc1C(=O)c1ccccc1. The minimum atomic E-state index is -0.736. The number of hydrogen-bond donors (Lipinski definition) is 0. The Labute approximate surface area is 392 Å². The van der Waals surface area contributed by atoms with Crippen LogP contribution in [0.5, 0.6) is 11.5 Å². The molecule has 68 heavy (non-hydrogen) atoms. The number of carbonyl (C=O) groups excluding carboxylic acids is 6. The molecule has 2 aromatic heterocycles. The van der Waals surface area contributed by atoms with Gasteiger partial charge in [-0.15, -0.1) is 0 Å². The van der Waals surface area contributed by atoms with Gasteiger partial charge in [-0.1, -0.05) is 121 Å². The van der Waals surface area contributed by atoms with Crippen molar-refractivity contribution in [2.45, 2.75) is 24.9 Å². The maximum absolute atomic E-state index is 13.0. The van der Waals surface area contributed by atoms with Crippen LogP contribution in [-0.4, -0.2) is 58.8 Å². The average Bonchev–Trinajstić information content (AvgIpc) is 4.10.